The maximum atomic E-state index is 11.3. The zero-order chi connectivity index (χ0) is 24.8. The van der Waals surface area contributed by atoms with Gasteiger partial charge in [0.05, 0.1) is 35.7 Å². The lowest BCUT2D eigenvalue weighted by atomic mass is 10.0. The fraction of sp³-hybridized carbons (Fsp3) is 0.231. The van der Waals surface area contributed by atoms with Gasteiger partial charge in [-0.05, 0) is 43.5 Å². The number of hydrogen-bond donors (Lipinski definition) is 2. The van der Waals surface area contributed by atoms with Crippen LogP contribution >= 0.6 is 0 Å². The SMILES string of the molecule is COc1ncnc(C2CC2)c1-c1ncc2[nH]cc(C(O)c3ccc(-n4nc(C#N)cc4C)cc3)c2n1. The first-order valence-corrected chi connectivity index (χ1v) is 11.6. The summed E-state index contributed by atoms with van der Waals surface area (Å²) < 4.78 is 7.21. The molecule has 4 heterocycles. The van der Waals surface area contributed by atoms with Gasteiger partial charge in [-0.3, -0.25) is 0 Å². The minimum absolute atomic E-state index is 0.355. The Labute approximate surface area is 206 Å². The van der Waals surface area contributed by atoms with Gasteiger partial charge in [-0.25, -0.2) is 24.6 Å². The van der Waals surface area contributed by atoms with E-state index in [1.54, 1.807) is 30.3 Å². The standard InChI is InChI=1S/C26H22N8O2/c1-14-9-17(10-27)33-34(14)18-7-5-16(6-8-18)24(35)19-11-28-20-12-29-25(32-23(19)20)21-22(15-3-4-15)30-13-31-26(21)36-2/h5-9,11-13,15,24,28,35H,3-4H2,1-2H3. The smallest absolute Gasteiger partial charge is 0.227 e. The molecule has 1 atom stereocenters. The molecule has 10 nitrogen and oxygen atoms in total. The molecule has 1 unspecified atom stereocenters. The van der Waals surface area contributed by atoms with E-state index in [-0.39, 0.29) is 0 Å². The van der Waals surface area contributed by atoms with E-state index in [0.717, 1.165) is 29.9 Å². The number of hydrogen-bond acceptors (Lipinski definition) is 8. The molecule has 1 aliphatic carbocycles. The molecule has 10 heteroatoms. The zero-order valence-electron chi connectivity index (χ0n) is 19.7. The quantitative estimate of drug-likeness (QED) is 0.376. The number of nitrogens with zero attached hydrogens (tertiary/aromatic N) is 7. The van der Waals surface area contributed by atoms with E-state index in [1.807, 2.05) is 31.2 Å². The largest absolute Gasteiger partial charge is 0.480 e. The predicted molar refractivity (Wildman–Crippen MR) is 131 cm³/mol. The van der Waals surface area contributed by atoms with Gasteiger partial charge in [-0.15, -0.1) is 0 Å². The van der Waals surface area contributed by atoms with Crippen LogP contribution in [0.25, 0.3) is 28.1 Å². The van der Waals surface area contributed by atoms with E-state index in [0.29, 0.717) is 51.0 Å². The highest BCUT2D eigenvalue weighted by atomic mass is 16.5. The van der Waals surface area contributed by atoms with Crippen LogP contribution in [-0.4, -0.2) is 46.9 Å². The molecule has 6 rings (SSSR count). The Morgan fingerprint density at radius 3 is 2.69 bits per heavy atom. The van der Waals surface area contributed by atoms with Gasteiger partial charge < -0.3 is 14.8 Å². The fourth-order valence-corrected chi connectivity index (χ4v) is 4.44. The van der Waals surface area contributed by atoms with Crippen LogP contribution in [0.1, 0.15) is 53.1 Å². The summed E-state index contributed by atoms with van der Waals surface area (Å²) >= 11 is 0. The zero-order valence-corrected chi connectivity index (χ0v) is 19.7. The first kappa shape index (κ1) is 21.9. The van der Waals surface area contributed by atoms with E-state index in [4.69, 9.17) is 15.0 Å². The third-order valence-electron chi connectivity index (χ3n) is 6.42. The normalized spacial score (nSPS) is 14.1. The number of H-pyrrole nitrogens is 1. The summed E-state index contributed by atoms with van der Waals surface area (Å²) in [6.07, 6.45) is 6.17. The fourth-order valence-electron chi connectivity index (χ4n) is 4.44. The van der Waals surface area contributed by atoms with E-state index in [1.165, 1.54) is 6.33 Å². The third-order valence-corrected chi connectivity index (χ3v) is 6.42. The summed E-state index contributed by atoms with van der Waals surface area (Å²) in [5, 5.41) is 24.7. The number of fused-ring (bicyclic) bond motifs is 1. The van der Waals surface area contributed by atoms with Crippen LogP contribution in [0.2, 0.25) is 0 Å². The average molecular weight is 479 g/mol. The molecule has 36 heavy (non-hydrogen) atoms. The van der Waals surface area contributed by atoms with Gasteiger partial charge in [0, 0.05) is 23.4 Å². The molecule has 178 valence electrons. The molecule has 1 aliphatic rings. The van der Waals surface area contributed by atoms with Gasteiger partial charge >= 0.3 is 0 Å². The Morgan fingerprint density at radius 1 is 1.19 bits per heavy atom. The number of rotatable bonds is 6. The average Bonchev–Trinajstić information content (AvgIpc) is 3.57. The topological polar surface area (TPSA) is 138 Å². The lowest BCUT2D eigenvalue weighted by molar-refractivity contribution is 0.221. The molecular weight excluding hydrogens is 456 g/mol. The summed E-state index contributed by atoms with van der Waals surface area (Å²) in [6, 6.07) is 11.2. The molecule has 0 bridgehead atoms. The van der Waals surface area contributed by atoms with Crippen molar-refractivity contribution in [3.05, 3.63) is 77.3 Å². The van der Waals surface area contributed by atoms with Crippen molar-refractivity contribution in [1.82, 2.24) is 34.7 Å². The van der Waals surface area contributed by atoms with Crippen molar-refractivity contribution in [3.8, 4) is 29.0 Å². The minimum atomic E-state index is -0.916. The third kappa shape index (κ3) is 3.66. The summed E-state index contributed by atoms with van der Waals surface area (Å²) in [5.41, 5.74) is 6.26. The first-order valence-electron chi connectivity index (χ1n) is 11.6. The van der Waals surface area contributed by atoms with Crippen molar-refractivity contribution in [2.45, 2.75) is 31.8 Å². The van der Waals surface area contributed by atoms with Crippen molar-refractivity contribution in [1.29, 1.82) is 5.26 Å². The number of nitriles is 1. The molecule has 0 spiro atoms. The van der Waals surface area contributed by atoms with Crippen molar-refractivity contribution in [3.63, 3.8) is 0 Å². The molecule has 0 amide bonds. The number of aromatic nitrogens is 7. The number of methoxy groups -OCH3 is 1. The Morgan fingerprint density at radius 2 is 2.00 bits per heavy atom. The molecule has 0 saturated heterocycles. The second-order valence-electron chi connectivity index (χ2n) is 8.81. The summed E-state index contributed by atoms with van der Waals surface area (Å²) in [6.45, 7) is 1.89. The number of aliphatic hydroxyl groups excluding tert-OH is 1. The highest BCUT2D eigenvalue weighted by Crippen LogP contribution is 2.45. The highest BCUT2D eigenvalue weighted by molar-refractivity contribution is 5.82. The van der Waals surface area contributed by atoms with Crippen LogP contribution in [0.5, 0.6) is 5.88 Å². The monoisotopic (exact) mass is 478 g/mol. The van der Waals surface area contributed by atoms with E-state index in [2.05, 4.69) is 31.1 Å². The van der Waals surface area contributed by atoms with Crippen molar-refractivity contribution in [2.24, 2.45) is 0 Å². The van der Waals surface area contributed by atoms with Crippen LogP contribution in [0.15, 0.2) is 49.1 Å². The van der Waals surface area contributed by atoms with Crippen LogP contribution in [0, 0.1) is 18.3 Å². The van der Waals surface area contributed by atoms with E-state index < -0.39 is 6.10 Å². The molecule has 1 saturated carbocycles. The molecule has 1 aromatic carbocycles. The Balaban J connectivity index is 1.37. The first-order chi connectivity index (χ1) is 17.6. The van der Waals surface area contributed by atoms with Crippen molar-refractivity contribution < 1.29 is 9.84 Å². The molecule has 0 radical (unpaired) electrons. The number of aryl methyl sites for hydroxylation is 1. The van der Waals surface area contributed by atoms with Crippen molar-refractivity contribution >= 4 is 11.0 Å². The summed E-state index contributed by atoms with van der Waals surface area (Å²) in [5.74, 6) is 1.26. The number of aliphatic hydroxyl groups is 1. The van der Waals surface area contributed by atoms with Gasteiger partial charge in [0.2, 0.25) is 5.88 Å². The van der Waals surface area contributed by atoms with E-state index in [9.17, 15) is 5.11 Å². The molecule has 4 aromatic heterocycles. The lowest BCUT2D eigenvalue weighted by Crippen LogP contribution is -2.04. The predicted octanol–water partition coefficient (Wildman–Crippen LogP) is 3.75. The number of aromatic amines is 1. The Bertz CT molecular complexity index is 1630. The maximum Gasteiger partial charge on any atom is 0.227 e. The van der Waals surface area contributed by atoms with Gasteiger partial charge in [-0.2, -0.15) is 10.4 Å². The van der Waals surface area contributed by atoms with Crippen LogP contribution < -0.4 is 4.74 Å². The summed E-state index contributed by atoms with van der Waals surface area (Å²) in [7, 11) is 1.57. The van der Waals surface area contributed by atoms with E-state index >= 15 is 0 Å². The van der Waals surface area contributed by atoms with Gasteiger partial charge in [0.1, 0.15) is 24.1 Å². The maximum absolute atomic E-state index is 11.3. The Hall–Kier alpha value is -4.62. The highest BCUT2D eigenvalue weighted by Gasteiger charge is 2.31. The molecule has 5 aromatic rings. The van der Waals surface area contributed by atoms with Crippen LogP contribution in [0.4, 0.5) is 0 Å². The number of ether oxygens (including phenoxy) is 1. The number of nitrogens with one attached hydrogen (secondary N) is 1. The summed E-state index contributed by atoms with van der Waals surface area (Å²) in [4.78, 5) is 21.3. The second kappa shape index (κ2) is 8.55. The molecule has 1 fully saturated rings. The lowest BCUT2D eigenvalue weighted by Gasteiger charge is -2.13. The van der Waals surface area contributed by atoms with Crippen molar-refractivity contribution in [2.75, 3.05) is 7.11 Å². The van der Waals surface area contributed by atoms with Gasteiger partial charge in [0.25, 0.3) is 0 Å². The minimum Gasteiger partial charge on any atom is -0.480 e. The molecule has 0 aliphatic heterocycles. The molecular formula is C26H22N8O2. The number of benzene rings is 1. The van der Waals surface area contributed by atoms with Crippen LogP contribution in [0.3, 0.4) is 0 Å². The molecule has 2 N–H and O–H groups in total. The Kier molecular flexibility index (Phi) is 5.20. The van der Waals surface area contributed by atoms with Gasteiger partial charge in [-0.1, -0.05) is 12.1 Å². The van der Waals surface area contributed by atoms with Gasteiger partial charge in [0.15, 0.2) is 11.5 Å². The second-order valence-corrected chi connectivity index (χ2v) is 8.81. The van der Waals surface area contributed by atoms with Crippen LogP contribution in [-0.2, 0) is 0 Å².